The summed E-state index contributed by atoms with van der Waals surface area (Å²) in [6, 6.07) is 8.66. The van der Waals surface area contributed by atoms with Gasteiger partial charge in [0.2, 0.25) is 0 Å². The van der Waals surface area contributed by atoms with E-state index < -0.39 is 0 Å². The van der Waals surface area contributed by atoms with E-state index in [0.29, 0.717) is 6.04 Å². The van der Waals surface area contributed by atoms with Crippen molar-refractivity contribution in [2.24, 2.45) is 0 Å². The van der Waals surface area contributed by atoms with Crippen molar-refractivity contribution < 1.29 is 4.74 Å². The quantitative estimate of drug-likeness (QED) is 0.693. The highest BCUT2D eigenvalue weighted by Crippen LogP contribution is 2.25. The summed E-state index contributed by atoms with van der Waals surface area (Å²) in [5.41, 5.74) is 1.25. The van der Waals surface area contributed by atoms with E-state index in [-0.39, 0.29) is 6.10 Å². The zero-order valence-corrected chi connectivity index (χ0v) is 12.2. The maximum atomic E-state index is 5.85. The molecule has 0 amide bonds. The van der Waals surface area contributed by atoms with E-state index in [1.807, 2.05) is 6.07 Å². The Morgan fingerprint density at radius 3 is 2.50 bits per heavy atom. The molecule has 1 aromatic rings. The number of nitrogens with one attached hydrogen (secondary N) is 1. The summed E-state index contributed by atoms with van der Waals surface area (Å²) in [6.45, 7) is 9.64. The first-order chi connectivity index (χ1) is 8.65. The zero-order chi connectivity index (χ0) is 13.4. The molecular formula is C16H27NO. The number of hydrogen-bond donors (Lipinski definition) is 1. The summed E-state index contributed by atoms with van der Waals surface area (Å²) in [5, 5.41) is 3.57. The smallest absolute Gasteiger partial charge is 0.124 e. The lowest BCUT2D eigenvalue weighted by molar-refractivity contribution is 0.238. The van der Waals surface area contributed by atoms with Crippen LogP contribution in [0.5, 0.6) is 5.75 Å². The molecule has 1 atom stereocenters. The lowest BCUT2D eigenvalue weighted by Gasteiger charge is -2.19. The van der Waals surface area contributed by atoms with Crippen LogP contribution in [0.25, 0.3) is 0 Å². The van der Waals surface area contributed by atoms with E-state index in [1.165, 1.54) is 24.8 Å². The van der Waals surface area contributed by atoms with Crippen LogP contribution in [0, 0.1) is 0 Å². The number of benzene rings is 1. The minimum atomic E-state index is 0.221. The van der Waals surface area contributed by atoms with E-state index in [1.54, 1.807) is 0 Å². The van der Waals surface area contributed by atoms with Crippen molar-refractivity contribution in [2.75, 3.05) is 6.54 Å². The maximum absolute atomic E-state index is 5.85. The van der Waals surface area contributed by atoms with E-state index in [9.17, 15) is 0 Å². The standard InChI is InChI=1S/C16H27NO/c1-5-6-9-12-17-14(4)15-10-7-8-11-16(15)18-13(2)3/h7-8,10-11,13-14,17H,5-6,9,12H2,1-4H3. The molecule has 0 radical (unpaired) electrons. The van der Waals surface area contributed by atoms with Gasteiger partial charge in [0.25, 0.3) is 0 Å². The SMILES string of the molecule is CCCCCNC(C)c1ccccc1OC(C)C. The molecule has 2 heteroatoms. The highest BCUT2D eigenvalue weighted by atomic mass is 16.5. The lowest BCUT2D eigenvalue weighted by atomic mass is 10.1. The van der Waals surface area contributed by atoms with Crippen molar-refractivity contribution in [2.45, 2.75) is 59.1 Å². The molecule has 1 unspecified atom stereocenters. The fraction of sp³-hybridized carbons (Fsp3) is 0.625. The van der Waals surface area contributed by atoms with Gasteiger partial charge in [0.1, 0.15) is 5.75 Å². The lowest BCUT2D eigenvalue weighted by Crippen LogP contribution is -2.21. The van der Waals surface area contributed by atoms with Gasteiger partial charge in [0, 0.05) is 11.6 Å². The van der Waals surface area contributed by atoms with Crippen molar-refractivity contribution in [1.82, 2.24) is 5.32 Å². The van der Waals surface area contributed by atoms with Gasteiger partial charge in [-0.05, 0) is 39.8 Å². The van der Waals surface area contributed by atoms with Gasteiger partial charge in [0.05, 0.1) is 6.10 Å². The highest BCUT2D eigenvalue weighted by Gasteiger charge is 2.11. The van der Waals surface area contributed by atoms with Crippen LogP contribution in [0.15, 0.2) is 24.3 Å². The van der Waals surface area contributed by atoms with Gasteiger partial charge >= 0.3 is 0 Å². The molecule has 1 rings (SSSR count). The largest absolute Gasteiger partial charge is 0.491 e. The molecule has 0 bridgehead atoms. The van der Waals surface area contributed by atoms with E-state index in [2.05, 4.69) is 51.2 Å². The van der Waals surface area contributed by atoms with Crippen LogP contribution in [0.3, 0.4) is 0 Å². The maximum Gasteiger partial charge on any atom is 0.124 e. The average Bonchev–Trinajstić information content (AvgIpc) is 2.34. The van der Waals surface area contributed by atoms with Gasteiger partial charge in [-0.2, -0.15) is 0 Å². The van der Waals surface area contributed by atoms with Crippen LogP contribution < -0.4 is 10.1 Å². The third-order valence-corrected chi connectivity index (χ3v) is 2.98. The predicted octanol–water partition coefficient (Wildman–Crippen LogP) is 4.31. The summed E-state index contributed by atoms with van der Waals surface area (Å²) in [6.07, 6.45) is 4.03. The number of ether oxygens (including phenoxy) is 1. The van der Waals surface area contributed by atoms with Gasteiger partial charge in [-0.1, -0.05) is 38.0 Å². The zero-order valence-electron chi connectivity index (χ0n) is 12.2. The minimum absolute atomic E-state index is 0.221. The number of para-hydroxylation sites is 1. The predicted molar refractivity (Wildman–Crippen MR) is 78.1 cm³/mol. The normalized spacial score (nSPS) is 12.7. The van der Waals surface area contributed by atoms with E-state index in [4.69, 9.17) is 4.74 Å². The Morgan fingerprint density at radius 1 is 1.11 bits per heavy atom. The molecule has 0 saturated carbocycles. The fourth-order valence-corrected chi connectivity index (χ4v) is 2.00. The van der Waals surface area contributed by atoms with Crippen LogP contribution in [-0.2, 0) is 0 Å². The second kappa shape index (κ2) is 8.15. The third kappa shape index (κ3) is 5.09. The van der Waals surface area contributed by atoms with Gasteiger partial charge in [-0.3, -0.25) is 0 Å². The van der Waals surface area contributed by atoms with Crippen molar-refractivity contribution in [1.29, 1.82) is 0 Å². The first kappa shape index (κ1) is 15.0. The molecule has 0 spiro atoms. The monoisotopic (exact) mass is 249 g/mol. The summed E-state index contributed by atoms with van der Waals surface area (Å²) < 4.78 is 5.85. The summed E-state index contributed by atoms with van der Waals surface area (Å²) >= 11 is 0. The van der Waals surface area contributed by atoms with Crippen LogP contribution in [0.1, 0.15) is 58.6 Å². The first-order valence-corrected chi connectivity index (χ1v) is 7.14. The van der Waals surface area contributed by atoms with Crippen LogP contribution in [-0.4, -0.2) is 12.6 Å². The highest BCUT2D eigenvalue weighted by molar-refractivity contribution is 5.35. The average molecular weight is 249 g/mol. The van der Waals surface area contributed by atoms with Crippen molar-refractivity contribution in [3.8, 4) is 5.75 Å². The van der Waals surface area contributed by atoms with Crippen LogP contribution in [0.4, 0.5) is 0 Å². The molecular weight excluding hydrogens is 222 g/mol. The first-order valence-electron chi connectivity index (χ1n) is 7.14. The Balaban J connectivity index is 2.57. The molecule has 1 N–H and O–H groups in total. The Bertz CT molecular complexity index is 336. The fourth-order valence-electron chi connectivity index (χ4n) is 2.00. The van der Waals surface area contributed by atoms with E-state index >= 15 is 0 Å². The Labute approximate surface area is 112 Å². The third-order valence-electron chi connectivity index (χ3n) is 2.98. The second-order valence-electron chi connectivity index (χ2n) is 5.09. The molecule has 0 fully saturated rings. The van der Waals surface area contributed by atoms with Crippen LogP contribution >= 0.6 is 0 Å². The number of unbranched alkanes of at least 4 members (excludes halogenated alkanes) is 2. The number of hydrogen-bond acceptors (Lipinski definition) is 2. The molecule has 0 saturated heterocycles. The second-order valence-corrected chi connectivity index (χ2v) is 5.09. The molecule has 0 aromatic heterocycles. The molecule has 0 aliphatic heterocycles. The van der Waals surface area contributed by atoms with Crippen molar-refractivity contribution >= 4 is 0 Å². The summed E-state index contributed by atoms with van der Waals surface area (Å²) in [5.74, 6) is 1.00. The molecule has 18 heavy (non-hydrogen) atoms. The van der Waals surface area contributed by atoms with Gasteiger partial charge < -0.3 is 10.1 Å². The molecule has 0 heterocycles. The van der Waals surface area contributed by atoms with Crippen molar-refractivity contribution in [3.63, 3.8) is 0 Å². The summed E-state index contributed by atoms with van der Waals surface area (Å²) in [7, 11) is 0. The van der Waals surface area contributed by atoms with Crippen molar-refractivity contribution in [3.05, 3.63) is 29.8 Å². The molecule has 0 aliphatic carbocycles. The van der Waals surface area contributed by atoms with E-state index in [0.717, 1.165) is 12.3 Å². The molecule has 1 aromatic carbocycles. The van der Waals surface area contributed by atoms with Gasteiger partial charge in [-0.15, -0.1) is 0 Å². The van der Waals surface area contributed by atoms with Gasteiger partial charge in [-0.25, -0.2) is 0 Å². The van der Waals surface area contributed by atoms with Crippen LogP contribution in [0.2, 0.25) is 0 Å². The summed E-state index contributed by atoms with van der Waals surface area (Å²) in [4.78, 5) is 0. The van der Waals surface area contributed by atoms with Gasteiger partial charge in [0.15, 0.2) is 0 Å². The molecule has 102 valence electrons. The minimum Gasteiger partial charge on any atom is -0.491 e. The Morgan fingerprint density at radius 2 is 1.83 bits per heavy atom. The topological polar surface area (TPSA) is 21.3 Å². The molecule has 2 nitrogen and oxygen atoms in total. The number of rotatable bonds is 8. The Hall–Kier alpha value is -1.02. The molecule has 0 aliphatic rings. The Kier molecular flexibility index (Phi) is 6.81.